The van der Waals surface area contributed by atoms with Crippen molar-refractivity contribution in [2.45, 2.75) is 26.7 Å². The molecule has 2 aromatic rings. The molecule has 0 radical (unpaired) electrons. The number of furan rings is 1. The second kappa shape index (κ2) is 6.26. The largest absolute Gasteiger partial charge is 0.433 e. The second-order valence-corrected chi connectivity index (χ2v) is 5.61. The number of aromatic nitrogens is 2. The lowest BCUT2D eigenvalue weighted by Gasteiger charge is -2.18. The molecule has 1 amide bonds. The van der Waals surface area contributed by atoms with Crippen LogP contribution in [0.15, 0.2) is 16.5 Å². The Morgan fingerprint density at radius 3 is 2.42 bits per heavy atom. The molecule has 0 aliphatic carbocycles. The van der Waals surface area contributed by atoms with E-state index in [2.05, 4.69) is 20.2 Å². The molecule has 24 heavy (non-hydrogen) atoms. The molecule has 2 aromatic heterocycles. The standard InChI is InChI=1S/C15H17N5O4/c1-9-13(10(2)17-15(16-9)19-7-3-4-8-19)18-14(21)11-5-6-12(24-11)20(22)23/h5-6H,3-4,7-8H2,1-2H3,(H,18,21). The SMILES string of the molecule is Cc1nc(N2CCCC2)nc(C)c1NC(=O)c1ccc([N+](=O)[O-])o1. The third kappa shape index (κ3) is 3.05. The Kier molecular flexibility index (Phi) is 4.15. The molecule has 0 aromatic carbocycles. The normalized spacial score (nSPS) is 14.0. The van der Waals surface area contributed by atoms with Crippen LogP contribution in [0.1, 0.15) is 34.8 Å². The third-order valence-electron chi connectivity index (χ3n) is 3.88. The Bertz CT molecular complexity index is 772. The molecule has 0 spiro atoms. The van der Waals surface area contributed by atoms with Crippen LogP contribution in [0.4, 0.5) is 17.5 Å². The summed E-state index contributed by atoms with van der Waals surface area (Å²) in [5.74, 6) is -0.528. The lowest BCUT2D eigenvalue weighted by atomic mass is 10.2. The van der Waals surface area contributed by atoms with E-state index in [4.69, 9.17) is 4.42 Å². The number of carbonyl (C=O) groups excluding carboxylic acids is 1. The van der Waals surface area contributed by atoms with E-state index in [1.165, 1.54) is 6.07 Å². The molecule has 1 saturated heterocycles. The van der Waals surface area contributed by atoms with Gasteiger partial charge in [0.15, 0.2) is 5.76 Å². The molecule has 126 valence electrons. The monoisotopic (exact) mass is 331 g/mol. The summed E-state index contributed by atoms with van der Waals surface area (Å²) < 4.78 is 4.90. The number of hydrogen-bond donors (Lipinski definition) is 1. The molecule has 9 heteroatoms. The molecule has 9 nitrogen and oxygen atoms in total. The highest BCUT2D eigenvalue weighted by molar-refractivity contribution is 6.03. The molecule has 0 unspecified atom stereocenters. The van der Waals surface area contributed by atoms with Gasteiger partial charge in [0.1, 0.15) is 4.92 Å². The minimum Gasteiger partial charge on any atom is -0.395 e. The zero-order chi connectivity index (χ0) is 17.3. The minimum atomic E-state index is -0.693. The van der Waals surface area contributed by atoms with E-state index >= 15 is 0 Å². The van der Waals surface area contributed by atoms with E-state index in [0.717, 1.165) is 32.0 Å². The predicted octanol–water partition coefficient (Wildman–Crippen LogP) is 2.45. The van der Waals surface area contributed by atoms with Crippen molar-refractivity contribution in [3.63, 3.8) is 0 Å². The Labute approximate surface area is 137 Å². The molecule has 0 atom stereocenters. The first-order chi connectivity index (χ1) is 11.5. The Balaban J connectivity index is 1.81. The van der Waals surface area contributed by atoms with Crippen molar-refractivity contribution in [1.29, 1.82) is 0 Å². The maximum Gasteiger partial charge on any atom is 0.433 e. The van der Waals surface area contributed by atoms with Crippen LogP contribution >= 0.6 is 0 Å². The van der Waals surface area contributed by atoms with Gasteiger partial charge in [0.05, 0.1) is 23.1 Å². The van der Waals surface area contributed by atoms with E-state index in [-0.39, 0.29) is 5.76 Å². The maximum atomic E-state index is 12.2. The van der Waals surface area contributed by atoms with Gasteiger partial charge >= 0.3 is 5.88 Å². The van der Waals surface area contributed by atoms with Crippen LogP contribution in [0, 0.1) is 24.0 Å². The van der Waals surface area contributed by atoms with Crippen LogP contribution in [0.5, 0.6) is 0 Å². The smallest absolute Gasteiger partial charge is 0.395 e. The molecular weight excluding hydrogens is 314 g/mol. The third-order valence-corrected chi connectivity index (χ3v) is 3.88. The van der Waals surface area contributed by atoms with Gasteiger partial charge in [-0.3, -0.25) is 14.9 Å². The molecule has 0 saturated carbocycles. The zero-order valence-electron chi connectivity index (χ0n) is 13.4. The molecule has 0 bridgehead atoms. The highest BCUT2D eigenvalue weighted by Gasteiger charge is 2.21. The molecule has 1 fully saturated rings. The molecule has 1 aliphatic rings. The van der Waals surface area contributed by atoms with Gasteiger partial charge in [-0.1, -0.05) is 0 Å². The van der Waals surface area contributed by atoms with Gasteiger partial charge < -0.3 is 14.6 Å². The van der Waals surface area contributed by atoms with Gasteiger partial charge in [-0.05, 0) is 32.8 Å². The zero-order valence-corrected chi connectivity index (χ0v) is 13.4. The van der Waals surface area contributed by atoms with E-state index in [1.54, 1.807) is 13.8 Å². The number of nitrogens with zero attached hydrogens (tertiary/aromatic N) is 4. The number of nitro groups is 1. The van der Waals surface area contributed by atoms with E-state index in [0.29, 0.717) is 23.0 Å². The van der Waals surface area contributed by atoms with Crippen molar-refractivity contribution in [2.75, 3.05) is 23.3 Å². The topological polar surface area (TPSA) is 114 Å². The van der Waals surface area contributed by atoms with Crippen LogP contribution in [-0.4, -0.2) is 33.9 Å². The second-order valence-electron chi connectivity index (χ2n) is 5.61. The van der Waals surface area contributed by atoms with Crippen LogP contribution in [0.2, 0.25) is 0 Å². The molecule has 1 aliphatic heterocycles. The van der Waals surface area contributed by atoms with Gasteiger partial charge in [-0.25, -0.2) is 9.97 Å². The summed E-state index contributed by atoms with van der Waals surface area (Å²) in [6, 6.07) is 2.40. The molecular formula is C15H17N5O4. The summed E-state index contributed by atoms with van der Waals surface area (Å²) in [5, 5.41) is 13.3. The van der Waals surface area contributed by atoms with E-state index in [9.17, 15) is 14.9 Å². The average Bonchev–Trinajstić information content (AvgIpc) is 3.21. The Morgan fingerprint density at radius 2 is 1.88 bits per heavy atom. The Hall–Kier alpha value is -2.97. The average molecular weight is 331 g/mol. The quantitative estimate of drug-likeness (QED) is 0.676. The van der Waals surface area contributed by atoms with Crippen LogP contribution < -0.4 is 10.2 Å². The van der Waals surface area contributed by atoms with Crippen molar-refractivity contribution >= 4 is 23.4 Å². The van der Waals surface area contributed by atoms with Crippen LogP contribution in [0.3, 0.4) is 0 Å². The number of hydrogen-bond acceptors (Lipinski definition) is 7. The van der Waals surface area contributed by atoms with Gasteiger partial charge in [-0.2, -0.15) is 0 Å². The van der Waals surface area contributed by atoms with E-state index in [1.807, 2.05) is 0 Å². The predicted molar refractivity (Wildman–Crippen MR) is 86.3 cm³/mol. The van der Waals surface area contributed by atoms with Crippen LogP contribution in [0.25, 0.3) is 0 Å². The van der Waals surface area contributed by atoms with Gasteiger partial charge in [0.25, 0.3) is 5.91 Å². The minimum absolute atomic E-state index is 0.135. The first-order valence-electron chi connectivity index (χ1n) is 7.61. The van der Waals surface area contributed by atoms with E-state index < -0.39 is 16.7 Å². The van der Waals surface area contributed by atoms with Gasteiger partial charge in [-0.15, -0.1) is 0 Å². The van der Waals surface area contributed by atoms with Crippen molar-refractivity contribution in [1.82, 2.24) is 9.97 Å². The fraction of sp³-hybridized carbons (Fsp3) is 0.400. The summed E-state index contributed by atoms with van der Waals surface area (Å²) >= 11 is 0. The summed E-state index contributed by atoms with van der Waals surface area (Å²) in [5.41, 5.74) is 1.76. The van der Waals surface area contributed by atoms with Crippen LogP contribution in [-0.2, 0) is 0 Å². The summed E-state index contributed by atoms with van der Waals surface area (Å²) in [4.78, 5) is 33.2. The summed E-state index contributed by atoms with van der Waals surface area (Å²) in [7, 11) is 0. The number of carbonyl (C=O) groups is 1. The number of rotatable bonds is 4. The first-order valence-corrected chi connectivity index (χ1v) is 7.61. The highest BCUT2D eigenvalue weighted by Crippen LogP contribution is 2.24. The Morgan fingerprint density at radius 1 is 1.25 bits per heavy atom. The molecule has 3 heterocycles. The maximum absolute atomic E-state index is 12.2. The highest BCUT2D eigenvalue weighted by atomic mass is 16.6. The van der Waals surface area contributed by atoms with Gasteiger partial charge in [0.2, 0.25) is 5.95 Å². The van der Waals surface area contributed by atoms with Crippen molar-refractivity contribution < 1.29 is 14.1 Å². The number of nitrogens with one attached hydrogen (secondary N) is 1. The number of anilines is 2. The summed E-state index contributed by atoms with van der Waals surface area (Å²) in [6.07, 6.45) is 2.24. The lowest BCUT2D eigenvalue weighted by molar-refractivity contribution is -0.402. The first kappa shape index (κ1) is 15.9. The molecule has 3 rings (SSSR count). The summed E-state index contributed by atoms with van der Waals surface area (Å²) in [6.45, 7) is 5.43. The van der Waals surface area contributed by atoms with Gasteiger partial charge in [0, 0.05) is 13.1 Å². The van der Waals surface area contributed by atoms with Crippen molar-refractivity contribution in [2.24, 2.45) is 0 Å². The number of amides is 1. The fourth-order valence-corrected chi connectivity index (χ4v) is 2.66. The fourth-order valence-electron chi connectivity index (χ4n) is 2.66. The lowest BCUT2D eigenvalue weighted by Crippen LogP contribution is -2.22. The van der Waals surface area contributed by atoms with Crippen molar-refractivity contribution in [3.05, 3.63) is 39.4 Å². The number of aryl methyl sites for hydroxylation is 2. The molecule has 1 N–H and O–H groups in total. The van der Waals surface area contributed by atoms with Crippen molar-refractivity contribution in [3.8, 4) is 0 Å².